The Hall–Kier alpha value is -3.54. The van der Waals surface area contributed by atoms with Crippen LogP contribution in [0, 0.1) is 10.1 Å². The Balaban J connectivity index is 1.92. The lowest BCUT2D eigenvalue weighted by molar-refractivity contribution is -0.402. The maximum atomic E-state index is 10.6. The summed E-state index contributed by atoms with van der Waals surface area (Å²) in [5.41, 5.74) is 2.55. The molecule has 0 aliphatic carbocycles. The average Bonchev–Trinajstić information content (AvgIpc) is 3.09. The van der Waals surface area contributed by atoms with Gasteiger partial charge < -0.3 is 4.42 Å². The van der Waals surface area contributed by atoms with Gasteiger partial charge in [0.25, 0.3) is 0 Å². The lowest BCUT2D eigenvalue weighted by atomic mass is 10.0. The van der Waals surface area contributed by atoms with Gasteiger partial charge in [-0.25, -0.2) is 0 Å². The highest BCUT2D eigenvalue weighted by atomic mass is 16.6. The minimum absolute atomic E-state index is 0.269. The number of hydrogen-bond acceptors (Lipinski definition) is 5. The molecule has 0 aliphatic heterocycles. The molecule has 0 saturated carbocycles. The van der Waals surface area contributed by atoms with E-state index < -0.39 is 4.92 Å². The summed E-state index contributed by atoms with van der Waals surface area (Å²) in [6.07, 6.45) is 1.35. The smallest absolute Gasteiger partial charge is 0.400 e. The van der Waals surface area contributed by atoms with Crippen molar-refractivity contribution in [2.45, 2.75) is 0 Å². The molecule has 0 amide bonds. The van der Waals surface area contributed by atoms with Crippen LogP contribution in [0.5, 0.6) is 0 Å². The highest BCUT2D eigenvalue weighted by Crippen LogP contribution is 2.14. The zero-order valence-electron chi connectivity index (χ0n) is 12.6. The first-order valence-electron chi connectivity index (χ1n) is 7.20. The Bertz CT molecular complexity index is 843. The van der Waals surface area contributed by atoms with Gasteiger partial charge in [-0.05, 0) is 6.07 Å². The van der Waals surface area contributed by atoms with E-state index >= 15 is 0 Å². The fourth-order valence-electron chi connectivity index (χ4n) is 2.13. The van der Waals surface area contributed by atoms with Crippen LogP contribution in [0.3, 0.4) is 0 Å². The number of nitro groups is 1. The van der Waals surface area contributed by atoms with E-state index in [1.807, 2.05) is 60.7 Å². The molecule has 1 aromatic heterocycles. The summed E-state index contributed by atoms with van der Waals surface area (Å²) < 4.78 is 5.02. The molecule has 0 spiro atoms. The average molecular weight is 319 g/mol. The Morgan fingerprint density at radius 1 is 0.917 bits per heavy atom. The SMILES string of the molecule is O=[N+]([O-])c1ccc(/C=N\N=C(c2ccccc2)c2ccccc2)o1. The number of furan rings is 1. The number of benzene rings is 2. The minimum Gasteiger partial charge on any atom is -0.400 e. The van der Waals surface area contributed by atoms with Crippen LogP contribution in [0.4, 0.5) is 5.88 Å². The third-order valence-electron chi connectivity index (χ3n) is 3.23. The van der Waals surface area contributed by atoms with E-state index in [1.54, 1.807) is 0 Å². The molecule has 24 heavy (non-hydrogen) atoms. The Morgan fingerprint density at radius 2 is 1.50 bits per heavy atom. The second-order valence-electron chi connectivity index (χ2n) is 4.86. The summed E-state index contributed by atoms with van der Waals surface area (Å²) in [5, 5.41) is 18.9. The molecule has 6 nitrogen and oxygen atoms in total. The first kappa shape index (κ1) is 15.4. The number of hydrogen-bond donors (Lipinski definition) is 0. The maximum Gasteiger partial charge on any atom is 0.433 e. The molecule has 118 valence electrons. The third-order valence-corrected chi connectivity index (χ3v) is 3.23. The number of nitrogens with zero attached hydrogens (tertiary/aromatic N) is 3. The van der Waals surface area contributed by atoms with Gasteiger partial charge in [0, 0.05) is 11.1 Å². The van der Waals surface area contributed by atoms with Crippen molar-refractivity contribution in [1.29, 1.82) is 0 Å². The molecule has 0 bridgehead atoms. The van der Waals surface area contributed by atoms with Crippen molar-refractivity contribution in [3.63, 3.8) is 0 Å². The van der Waals surface area contributed by atoms with E-state index in [9.17, 15) is 10.1 Å². The van der Waals surface area contributed by atoms with Gasteiger partial charge in [-0.15, -0.1) is 5.10 Å². The Labute approximate surface area is 137 Å². The first-order chi connectivity index (χ1) is 11.7. The van der Waals surface area contributed by atoms with E-state index in [1.165, 1.54) is 18.3 Å². The van der Waals surface area contributed by atoms with Gasteiger partial charge in [0.05, 0.1) is 12.3 Å². The van der Waals surface area contributed by atoms with Gasteiger partial charge >= 0.3 is 5.88 Å². The summed E-state index contributed by atoms with van der Waals surface area (Å²) in [6.45, 7) is 0. The van der Waals surface area contributed by atoms with Crippen molar-refractivity contribution in [3.8, 4) is 0 Å². The van der Waals surface area contributed by atoms with Crippen LogP contribution in [-0.2, 0) is 0 Å². The minimum atomic E-state index is -0.597. The zero-order chi connectivity index (χ0) is 16.8. The van der Waals surface area contributed by atoms with Crippen molar-refractivity contribution in [1.82, 2.24) is 0 Å². The first-order valence-corrected chi connectivity index (χ1v) is 7.20. The van der Waals surface area contributed by atoms with Crippen LogP contribution in [0.2, 0.25) is 0 Å². The molecular formula is C18H13N3O3. The second-order valence-corrected chi connectivity index (χ2v) is 4.86. The monoisotopic (exact) mass is 319 g/mol. The lowest BCUT2D eigenvalue weighted by Gasteiger charge is -2.04. The van der Waals surface area contributed by atoms with Crippen molar-refractivity contribution < 1.29 is 9.34 Å². The molecule has 1 heterocycles. The molecule has 6 heteroatoms. The van der Waals surface area contributed by atoms with E-state index in [0.717, 1.165) is 11.1 Å². The van der Waals surface area contributed by atoms with Gasteiger partial charge in [0.1, 0.15) is 10.6 Å². The van der Waals surface area contributed by atoms with E-state index in [-0.39, 0.29) is 11.6 Å². The molecule has 0 N–H and O–H groups in total. The Morgan fingerprint density at radius 3 is 2.00 bits per heavy atom. The van der Waals surface area contributed by atoms with Crippen LogP contribution in [0.25, 0.3) is 0 Å². The maximum absolute atomic E-state index is 10.6. The molecule has 0 unspecified atom stereocenters. The normalized spacial score (nSPS) is 10.7. The fraction of sp³-hybridized carbons (Fsp3) is 0. The molecule has 0 aliphatic rings. The second kappa shape index (κ2) is 7.15. The predicted molar refractivity (Wildman–Crippen MR) is 91.5 cm³/mol. The summed E-state index contributed by atoms with van der Waals surface area (Å²) in [4.78, 5) is 10.0. The fourth-order valence-corrected chi connectivity index (χ4v) is 2.13. The van der Waals surface area contributed by atoms with Crippen molar-refractivity contribution in [2.24, 2.45) is 10.2 Å². The zero-order valence-corrected chi connectivity index (χ0v) is 12.6. The molecule has 0 atom stereocenters. The lowest BCUT2D eigenvalue weighted by Crippen LogP contribution is -2.02. The number of rotatable bonds is 5. The summed E-state index contributed by atoms with van der Waals surface area (Å²) >= 11 is 0. The van der Waals surface area contributed by atoms with E-state index in [2.05, 4.69) is 10.2 Å². The van der Waals surface area contributed by atoms with Crippen LogP contribution in [0.15, 0.2) is 87.4 Å². The largest absolute Gasteiger partial charge is 0.433 e. The van der Waals surface area contributed by atoms with Gasteiger partial charge in [0.2, 0.25) is 0 Å². The molecular weight excluding hydrogens is 306 g/mol. The standard InChI is InChI=1S/C18H13N3O3/c22-21(23)17-12-11-16(24-17)13-19-20-18(14-7-3-1-4-8-14)15-9-5-2-6-10-15/h1-13H/b19-13-. The highest BCUT2D eigenvalue weighted by Gasteiger charge is 2.10. The highest BCUT2D eigenvalue weighted by molar-refractivity contribution is 6.12. The van der Waals surface area contributed by atoms with Crippen molar-refractivity contribution >= 4 is 17.8 Å². The van der Waals surface area contributed by atoms with Gasteiger partial charge in [-0.3, -0.25) is 10.1 Å². The topological polar surface area (TPSA) is 81.0 Å². The van der Waals surface area contributed by atoms with Gasteiger partial charge in [-0.2, -0.15) is 5.10 Å². The predicted octanol–water partition coefficient (Wildman–Crippen LogP) is 4.06. The van der Waals surface area contributed by atoms with E-state index in [0.29, 0.717) is 5.71 Å². The molecule has 0 fully saturated rings. The van der Waals surface area contributed by atoms with Crippen molar-refractivity contribution in [3.05, 3.63) is 99.8 Å². The summed E-state index contributed by atoms with van der Waals surface area (Å²) in [6, 6.07) is 22.1. The molecule has 0 radical (unpaired) electrons. The van der Waals surface area contributed by atoms with Crippen LogP contribution >= 0.6 is 0 Å². The summed E-state index contributed by atoms with van der Waals surface area (Å²) in [7, 11) is 0. The van der Waals surface area contributed by atoms with Crippen molar-refractivity contribution in [2.75, 3.05) is 0 Å². The third kappa shape index (κ3) is 3.61. The quantitative estimate of drug-likeness (QED) is 0.404. The van der Waals surface area contributed by atoms with E-state index in [4.69, 9.17) is 4.42 Å². The summed E-state index contributed by atoms with van der Waals surface area (Å²) in [5.74, 6) is -0.0577. The molecule has 2 aromatic carbocycles. The van der Waals surface area contributed by atoms with Crippen LogP contribution in [-0.4, -0.2) is 16.8 Å². The van der Waals surface area contributed by atoms with Gasteiger partial charge in [0.15, 0.2) is 5.76 Å². The van der Waals surface area contributed by atoms with Gasteiger partial charge in [-0.1, -0.05) is 60.7 Å². The Kier molecular flexibility index (Phi) is 4.57. The van der Waals surface area contributed by atoms with Crippen LogP contribution < -0.4 is 0 Å². The molecule has 0 saturated heterocycles. The molecule has 3 rings (SSSR count). The molecule has 3 aromatic rings. The van der Waals surface area contributed by atoms with Crippen LogP contribution in [0.1, 0.15) is 16.9 Å².